The molecule has 0 unspecified atom stereocenters. The molecule has 24 heavy (non-hydrogen) atoms. The van der Waals surface area contributed by atoms with Crippen LogP contribution in [0.15, 0.2) is 15.1 Å². The van der Waals surface area contributed by atoms with Gasteiger partial charge in [0, 0.05) is 23.9 Å². The van der Waals surface area contributed by atoms with Crippen molar-refractivity contribution in [3.63, 3.8) is 0 Å². The van der Waals surface area contributed by atoms with E-state index in [-0.39, 0.29) is 17.4 Å². The highest BCUT2D eigenvalue weighted by molar-refractivity contribution is 5.92. The van der Waals surface area contributed by atoms with Crippen molar-refractivity contribution in [3.8, 4) is 0 Å². The molecule has 7 heteroatoms. The van der Waals surface area contributed by atoms with Gasteiger partial charge in [0.15, 0.2) is 11.5 Å². The lowest BCUT2D eigenvalue weighted by Crippen LogP contribution is -2.31. The summed E-state index contributed by atoms with van der Waals surface area (Å²) in [4.78, 5) is 19.1. The van der Waals surface area contributed by atoms with Gasteiger partial charge in [-0.25, -0.2) is 0 Å². The van der Waals surface area contributed by atoms with Crippen molar-refractivity contribution in [2.45, 2.75) is 63.8 Å². The van der Waals surface area contributed by atoms with Crippen LogP contribution in [0, 0.1) is 0 Å². The predicted molar refractivity (Wildman–Crippen MR) is 84.5 cm³/mol. The maximum absolute atomic E-state index is 12.8. The highest BCUT2D eigenvalue weighted by atomic mass is 16.5. The molecule has 2 aromatic rings. The Hall–Kier alpha value is -2.18. The van der Waals surface area contributed by atoms with Crippen molar-refractivity contribution in [1.29, 1.82) is 0 Å². The van der Waals surface area contributed by atoms with Crippen molar-refractivity contribution in [2.75, 3.05) is 6.54 Å². The smallest absolute Gasteiger partial charge is 0.276 e. The van der Waals surface area contributed by atoms with E-state index in [0.717, 1.165) is 25.7 Å². The van der Waals surface area contributed by atoms with E-state index in [4.69, 9.17) is 9.05 Å². The lowest BCUT2D eigenvalue weighted by Gasteiger charge is -2.20. The SMILES string of the molecule is CC(C)(C)c1cc(C(=O)N2CCC[C@H]2c2noc(C3CC3)n2)no1. The van der Waals surface area contributed by atoms with Gasteiger partial charge in [-0.3, -0.25) is 4.79 Å². The third-order valence-corrected chi connectivity index (χ3v) is 4.66. The molecule has 128 valence electrons. The topological polar surface area (TPSA) is 85.3 Å². The van der Waals surface area contributed by atoms with Gasteiger partial charge < -0.3 is 13.9 Å². The second-order valence-corrected chi connectivity index (χ2v) is 7.75. The van der Waals surface area contributed by atoms with Gasteiger partial charge in [-0.1, -0.05) is 31.1 Å². The van der Waals surface area contributed by atoms with E-state index in [2.05, 4.69) is 15.3 Å². The van der Waals surface area contributed by atoms with Crippen LogP contribution in [0.4, 0.5) is 0 Å². The quantitative estimate of drug-likeness (QED) is 0.859. The highest BCUT2D eigenvalue weighted by Crippen LogP contribution is 2.40. The second-order valence-electron chi connectivity index (χ2n) is 7.75. The molecule has 2 aromatic heterocycles. The number of amides is 1. The van der Waals surface area contributed by atoms with Gasteiger partial charge in [-0.15, -0.1) is 0 Å². The molecule has 7 nitrogen and oxygen atoms in total. The summed E-state index contributed by atoms with van der Waals surface area (Å²) in [6.45, 7) is 6.76. The molecule has 1 aliphatic carbocycles. The average Bonchev–Trinajstić information content (AvgIpc) is 3.02. The zero-order valence-corrected chi connectivity index (χ0v) is 14.3. The van der Waals surface area contributed by atoms with Gasteiger partial charge in [-0.2, -0.15) is 4.98 Å². The first kappa shape index (κ1) is 15.4. The Morgan fingerprint density at radius 1 is 1.21 bits per heavy atom. The summed E-state index contributed by atoms with van der Waals surface area (Å²) in [5, 5.41) is 8.07. The number of rotatable bonds is 3. The van der Waals surface area contributed by atoms with Crippen LogP contribution in [-0.4, -0.2) is 32.6 Å². The highest BCUT2D eigenvalue weighted by Gasteiger charge is 2.37. The molecule has 2 aliphatic rings. The first-order valence-electron chi connectivity index (χ1n) is 8.55. The van der Waals surface area contributed by atoms with E-state index in [1.807, 2.05) is 20.8 Å². The summed E-state index contributed by atoms with van der Waals surface area (Å²) in [7, 11) is 0. The molecule has 0 aromatic carbocycles. The van der Waals surface area contributed by atoms with Crippen molar-refractivity contribution in [1.82, 2.24) is 20.2 Å². The Morgan fingerprint density at radius 2 is 2.00 bits per heavy atom. The standard InChI is InChI=1S/C17H22N4O3/c1-17(2,3)13-9-11(19-23-13)16(22)21-8-4-5-12(21)14-18-15(24-20-14)10-6-7-10/h9-10,12H,4-8H2,1-3H3/t12-/m0/s1. The molecule has 3 heterocycles. The number of hydrogen-bond acceptors (Lipinski definition) is 6. The fourth-order valence-electron chi connectivity index (χ4n) is 3.03. The van der Waals surface area contributed by atoms with Gasteiger partial charge in [0.05, 0.1) is 6.04 Å². The first-order chi connectivity index (χ1) is 11.4. The van der Waals surface area contributed by atoms with Gasteiger partial charge >= 0.3 is 0 Å². The predicted octanol–water partition coefficient (Wildman–Crippen LogP) is 3.21. The van der Waals surface area contributed by atoms with Gasteiger partial charge in [0.1, 0.15) is 5.76 Å². The minimum atomic E-state index is -0.178. The number of carbonyl (C=O) groups is 1. The van der Waals surface area contributed by atoms with Gasteiger partial charge in [0.2, 0.25) is 5.89 Å². The fraction of sp³-hybridized carbons (Fsp3) is 0.647. The normalized spacial score (nSPS) is 21.5. The molecule has 0 bridgehead atoms. The summed E-state index contributed by atoms with van der Waals surface area (Å²) in [6.07, 6.45) is 4.00. The molecule has 1 saturated heterocycles. The number of hydrogen-bond donors (Lipinski definition) is 0. The van der Waals surface area contributed by atoms with Crippen LogP contribution >= 0.6 is 0 Å². The van der Waals surface area contributed by atoms with Crippen LogP contribution in [0.25, 0.3) is 0 Å². The lowest BCUT2D eigenvalue weighted by molar-refractivity contribution is 0.0717. The Labute approximate surface area is 140 Å². The van der Waals surface area contributed by atoms with Crippen molar-refractivity contribution in [3.05, 3.63) is 29.2 Å². The lowest BCUT2D eigenvalue weighted by atomic mass is 9.93. The minimum Gasteiger partial charge on any atom is -0.360 e. The summed E-state index contributed by atoms with van der Waals surface area (Å²) in [6, 6.07) is 1.60. The number of likely N-dealkylation sites (tertiary alicyclic amines) is 1. The van der Waals surface area contributed by atoms with Crippen molar-refractivity contribution in [2.24, 2.45) is 0 Å². The number of nitrogens with zero attached hydrogens (tertiary/aromatic N) is 4. The van der Waals surface area contributed by atoms with E-state index in [9.17, 15) is 4.79 Å². The van der Waals surface area contributed by atoms with Crippen LogP contribution < -0.4 is 0 Å². The Balaban J connectivity index is 1.55. The van der Waals surface area contributed by atoms with E-state index >= 15 is 0 Å². The van der Waals surface area contributed by atoms with Crippen LogP contribution in [0.5, 0.6) is 0 Å². The molecule has 0 radical (unpaired) electrons. The molecule has 1 amide bonds. The third kappa shape index (κ3) is 2.72. The largest absolute Gasteiger partial charge is 0.360 e. The minimum absolute atomic E-state index is 0.130. The zero-order valence-electron chi connectivity index (χ0n) is 14.3. The molecule has 1 saturated carbocycles. The van der Waals surface area contributed by atoms with E-state index in [1.54, 1.807) is 11.0 Å². The van der Waals surface area contributed by atoms with Gasteiger partial charge in [-0.05, 0) is 25.7 Å². The zero-order chi connectivity index (χ0) is 16.9. The summed E-state index contributed by atoms with van der Waals surface area (Å²) in [5.41, 5.74) is 0.167. The van der Waals surface area contributed by atoms with Crippen LogP contribution in [0.1, 0.15) is 86.4 Å². The Morgan fingerprint density at radius 3 is 2.67 bits per heavy atom. The van der Waals surface area contributed by atoms with Gasteiger partial charge in [0.25, 0.3) is 5.91 Å². The van der Waals surface area contributed by atoms with E-state index in [0.29, 0.717) is 35.6 Å². The van der Waals surface area contributed by atoms with Crippen LogP contribution in [0.3, 0.4) is 0 Å². The third-order valence-electron chi connectivity index (χ3n) is 4.66. The summed E-state index contributed by atoms with van der Waals surface area (Å²) >= 11 is 0. The Bertz CT molecular complexity index is 754. The van der Waals surface area contributed by atoms with Crippen molar-refractivity contribution < 1.29 is 13.8 Å². The summed E-state index contributed by atoms with van der Waals surface area (Å²) in [5.74, 6) is 2.32. The number of carbonyl (C=O) groups excluding carboxylic acids is 1. The maximum atomic E-state index is 12.8. The average molecular weight is 330 g/mol. The van der Waals surface area contributed by atoms with E-state index in [1.165, 1.54) is 0 Å². The van der Waals surface area contributed by atoms with Crippen molar-refractivity contribution >= 4 is 5.91 Å². The molecule has 0 N–H and O–H groups in total. The molecule has 1 aliphatic heterocycles. The first-order valence-corrected chi connectivity index (χ1v) is 8.55. The molecule has 1 atom stereocenters. The molecule has 4 rings (SSSR count). The second kappa shape index (κ2) is 5.43. The summed E-state index contributed by atoms with van der Waals surface area (Å²) < 4.78 is 10.7. The molecular formula is C17H22N4O3. The molecule has 0 spiro atoms. The van der Waals surface area contributed by atoms with Crippen LogP contribution in [0.2, 0.25) is 0 Å². The number of aromatic nitrogens is 3. The van der Waals surface area contributed by atoms with E-state index < -0.39 is 0 Å². The van der Waals surface area contributed by atoms with Crippen LogP contribution in [-0.2, 0) is 5.41 Å². The molecular weight excluding hydrogens is 308 g/mol. The monoisotopic (exact) mass is 330 g/mol. The fourth-order valence-corrected chi connectivity index (χ4v) is 3.03. The maximum Gasteiger partial charge on any atom is 0.276 e. The Kier molecular flexibility index (Phi) is 3.47. The molecule has 2 fully saturated rings.